The Labute approximate surface area is 267 Å². The van der Waals surface area contributed by atoms with Gasteiger partial charge in [-0.15, -0.1) is 0 Å². The van der Waals surface area contributed by atoms with Crippen LogP contribution in [0.3, 0.4) is 0 Å². The van der Waals surface area contributed by atoms with E-state index < -0.39 is 30.3 Å². The summed E-state index contributed by atoms with van der Waals surface area (Å²) in [6, 6.07) is 7.12. The maximum absolute atomic E-state index is 13.9. The van der Waals surface area contributed by atoms with E-state index in [9.17, 15) is 24.6 Å². The van der Waals surface area contributed by atoms with Gasteiger partial charge in [0.1, 0.15) is 24.6 Å². The van der Waals surface area contributed by atoms with Crippen LogP contribution in [0.1, 0.15) is 35.2 Å². The summed E-state index contributed by atoms with van der Waals surface area (Å²) in [5.41, 5.74) is 1.23. The van der Waals surface area contributed by atoms with Crippen molar-refractivity contribution in [3.8, 4) is 11.5 Å². The molecule has 0 spiro atoms. The molecular weight excluding hydrogens is 702 g/mol. The average Bonchev–Trinajstić information content (AvgIpc) is 3.52. The Kier molecular flexibility index (Phi) is 11.5. The summed E-state index contributed by atoms with van der Waals surface area (Å²) in [7, 11) is 1.43. The summed E-state index contributed by atoms with van der Waals surface area (Å²) >= 11 is 14.6. The van der Waals surface area contributed by atoms with E-state index in [4.69, 9.17) is 37.4 Å². The van der Waals surface area contributed by atoms with Gasteiger partial charge in [0.15, 0.2) is 11.5 Å². The third kappa shape index (κ3) is 7.56. The Morgan fingerprint density at radius 2 is 2.05 bits per heavy atom. The Bertz CT molecular complexity index is 1350. The van der Waals surface area contributed by atoms with E-state index in [1.54, 1.807) is 24.3 Å². The van der Waals surface area contributed by atoms with Crippen molar-refractivity contribution < 1.29 is 38.8 Å². The second-order valence-corrected chi connectivity index (χ2v) is 11.9. The molecular formula is C29H31Cl2IN2O8. The number of carbonyl (C=O) groups is 3. The second-order valence-electron chi connectivity index (χ2n) is 9.87. The molecule has 4 rings (SSSR count). The van der Waals surface area contributed by atoms with Crippen molar-refractivity contribution in [1.82, 2.24) is 10.2 Å². The van der Waals surface area contributed by atoms with E-state index in [0.717, 1.165) is 0 Å². The number of nitrogens with zero attached hydrogens (tertiary/aromatic N) is 1. The van der Waals surface area contributed by atoms with E-state index >= 15 is 0 Å². The minimum absolute atomic E-state index is 0.000262. The van der Waals surface area contributed by atoms with Gasteiger partial charge in [-0.25, -0.2) is 0 Å². The standard InChI is InChI=1S/C29H31Cl2IN2O8/c1-40-25-10-16(15-36)9-21(32)27(25)42-24-12-18(28(38)33-6-7-35)11-22(26(24)37)34(29(39)23-3-2-8-41-23)14-17-4-5-19(30)13-20(17)31/h4-5,9-10,12-13,15,22-24,26,35,37H,2-3,6-8,11,14H2,1H3,(H,33,38)/t22-,23?,24+,26+/m1/s1. The van der Waals surface area contributed by atoms with Gasteiger partial charge in [-0.2, -0.15) is 0 Å². The monoisotopic (exact) mass is 732 g/mol. The smallest absolute Gasteiger partial charge is 0.252 e. The van der Waals surface area contributed by atoms with Gasteiger partial charge in [-0.3, -0.25) is 14.4 Å². The van der Waals surface area contributed by atoms with Gasteiger partial charge in [0.05, 0.1) is 23.3 Å². The van der Waals surface area contributed by atoms with Crippen LogP contribution in [0.15, 0.2) is 42.0 Å². The van der Waals surface area contributed by atoms with E-state index in [2.05, 4.69) is 5.32 Å². The highest BCUT2D eigenvalue weighted by molar-refractivity contribution is 14.1. The number of ether oxygens (including phenoxy) is 3. The first-order valence-corrected chi connectivity index (χ1v) is 15.1. The van der Waals surface area contributed by atoms with E-state index in [1.165, 1.54) is 24.2 Å². The minimum Gasteiger partial charge on any atom is -0.493 e. The van der Waals surface area contributed by atoms with E-state index in [-0.39, 0.29) is 49.1 Å². The van der Waals surface area contributed by atoms with Crippen LogP contribution in [-0.2, 0) is 20.9 Å². The molecule has 1 fully saturated rings. The summed E-state index contributed by atoms with van der Waals surface area (Å²) in [5.74, 6) is -0.293. The molecule has 3 N–H and O–H groups in total. The molecule has 2 aliphatic rings. The number of hydrogen-bond donors (Lipinski definition) is 3. The molecule has 226 valence electrons. The molecule has 1 aliphatic heterocycles. The van der Waals surface area contributed by atoms with Gasteiger partial charge >= 0.3 is 0 Å². The Balaban J connectivity index is 1.75. The molecule has 1 unspecified atom stereocenters. The van der Waals surface area contributed by atoms with Crippen LogP contribution in [0.5, 0.6) is 11.5 Å². The number of hydrogen-bond acceptors (Lipinski definition) is 8. The SMILES string of the molecule is COc1cc(C=O)cc(I)c1O[C@H]1C=C(C(=O)NCCO)C[C@@H](N(Cc2ccc(Cl)cc2Cl)C(=O)C2CCCO2)[C@@H]1O. The lowest BCUT2D eigenvalue weighted by molar-refractivity contribution is -0.149. The number of rotatable bonds is 11. The van der Waals surface area contributed by atoms with Crippen molar-refractivity contribution in [3.63, 3.8) is 0 Å². The number of aliphatic hydroxyl groups excluding tert-OH is 2. The van der Waals surface area contributed by atoms with Crippen LogP contribution in [0.2, 0.25) is 10.0 Å². The molecule has 0 saturated carbocycles. The van der Waals surface area contributed by atoms with E-state index in [1.807, 2.05) is 22.6 Å². The normalized spacial score (nSPS) is 21.8. The Morgan fingerprint density at radius 3 is 2.69 bits per heavy atom. The lowest BCUT2D eigenvalue weighted by Crippen LogP contribution is -2.56. The number of nitrogens with one attached hydrogen (secondary N) is 1. The molecule has 1 saturated heterocycles. The minimum atomic E-state index is -1.29. The summed E-state index contributed by atoms with van der Waals surface area (Å²) in [5, 5.41) is 24.4. The lowest BCUT2D eigenvalue weighted by Gasteiger charge is -2.41. The maximum atomic E-state index is 13.9. The van der Waals surface area contributed by atoms with Crippen molar-refractivity contribution in [2.75, 3.05) is 26.9 Å². The molecule has 2 aromatic rings. The van der Waals surface area contributed by atoms with Crippen molar-refractivity contribution in [3.05, 3.63) is 66.7 Å². The molecule has 1 aliphatic carbocycles. The summed E-state index contributed by atoms with van der Waals surface area (Å²) in [6.45, 7) is 0.215. The zero-order valence-electron chi connectivity index (χ0n) is 22.7. The third-order valence-electron chi connectivity index (χ3n) is 7.10. The molecule has 2 aromatic carbocycles. The summed E-state index contributed by atoms with van der Waals surface area (Å²) < 4.78 is 18.0. The first-order valence-electron chi connectivity index (χ1n) is 13.3. The van der Waals surface area contributed by atoms with Crippen molar-refractivity contribution >= 4 is 63.9 Å². The van der Waals surface area contributed by atoms with Gasteiger partial charge in [-0.05, 0) is 71.3 Å². The number of carbonyl (C=O) groups excluding carboxylic acids is 3. The molecule has 42 heavy (non-hydrogen) atoms. The summed E-state index contributed by atoms with van der Waals surface area (Å²) in [4.78, 5) is 39.9. The number of aldehydes is 1. The number of benzene rings is 2. The van der Waals surface area contributed by atoms with Crippen LogP contribution in [-0.4, -0.2) is 84.4 Å². The Morgan fingerprint density at radius 1 is 1.26 bits per heavy atom. The molecule has 0 bridgehead atoms. The lowest BCUT2D eigenvalue weighted by atomic mass is 9.87. The number of aliphatic hydroxyl groups is 2. The number of amides is 2. The van der Waals surface area contributed by atoms with Gasteiger partial charge in [-0.1, -0.05) is 29.3 Å². The fraction of sp³-hybridized carbons (Fsp3) is 0.414. The van der Waals surface area contributed by atoms with Gasteiger partial charge in [0.2, 0.25) is 5.91 Å². The molecule has 13 heteroatoms. The average molecular weight is 733 g/mol. The van der Waals surface area contributed by atoms with Gasteiger partial charge in [0, 0.05) is 47.3 Å². The first kappa shape index (κ1) is 32.5. The first-order chi connectivity index (χ1) is 20.2. The van der Waals surface area contributed by atoms with Crippen LogP contribution in [0.4, 0.5) is 0 Å². The number of methoxy groups -OCH3 is 1. The molecule has 0 radical (unpaired) electrons. The van der Waals surface area contributed by atoms with E-state index in [0.29, 0.717) is 50.5 Å². The third-order valence-corrected chi connectivity index (χ3v) is 8.49. The van der Waals surface area contributed by atoms with Crippen molar-refractivity contribution in [2.24, 2.45) is 0 Å². The zero-order valence-corrected chi connectivity index (χ0v) is 26.4. The highest BCUT2D eigenvalue weighted by Crippen LogP contribution is 2.37. The molecule has 1 heterocycles. The van der Waals surface area contributed by atoms with Crippen LogP contribution >= 0.6 is 45.8 Å². The maximum Gasteiger partial charge on any atom is 0.252 e. The number of halogens is 3. The predicted octanol–water partition coefficient (Wildman–Crippen LogP) is 3.54. The van der Waals surface area contributed by atoms with Crippen molar-refractivity contribution in [2.45, 2.75) is 50.2 Å². The van der Waals surface area contributed by atoms with Gasteiger partial charge in [0.25, 0.3) is 5.91 Å². The topological polar surface area (TPSA) is 135 Å². The predicted molar refractivity (Wildman–Crippen MR) is 164 cm³/mol. The molecule has 4 atom stereocenters. The quantitative estimate of drug-likeness (QED) is 0.236. The second kappa shape index (κ2) is 14.8. The van der Waals surface area contributed by atoms with Crippen LogP contribution in [0.25, 0.3) is 0 Å². The fourth-order valence-electron chi connectivity index (χ4n) is 4.99. The molecule has 10 nitrogen and oxygen atoms in total. The van der Waals surface area contributed by atoms with Crippen LogP contribution in [0, 0.1) is 3.57 Å². The zero-order chi connectivity index (χ0) is 30.4. The highest BCUT2D eigenvalue weighted by atomic mass is 127. The van der Waals surface area contributed by atoms with Crippen molar-refractivity contribution in [1.29, 1.82) is 0 Å². The molecule has 2 amide bonds. The largest absolute Gasteiger partial charge is 0.493 e. The molecule has 0 aromatic heterocycles. The highest BCUT2D eigenvalue weighted by Gasteiger charge is 2.43. The fourth-order valence-corrected chi connectivity index (χ4v) is 6.21. The van der Waals surface area contributed by atoms with Crippen LogP contribution < -0.4 is 14.8 Å². The summed E-state index contributed by atoms with van der Waals surface area (Å²) in [6.07, 6.45) is 0.322. The van der Waals surface area contributed by atoms with Gasteiger partial charge < -0.3 is 34.6 Å². The Hall–Kier alpha value is -2.42.